The molecular weight excluding hydrogens is 390 g/mol. The maximum Gasteiger partial charge on any atom is 0.185 e. The van der Waals surface area contributed by atoms with Crippen molar-refractivity contribution in [3.63, 3.8) is 0 Å². The first-order chi connectivity index (χ1) is 14.4. The van der Waals surface area contributed by atoms with Gasteiger partial charge in [0, 0.05) is 43.7 Å². The van der Waals surface area contributed by atoms with Crippen LogP contribution in [-0.2, 0) is 12.0 Å². The Morgan fingerprint density at radius 2 is 1.73 bits per heavy atom. The number of methoxy groups -OCH3 is 1. The van der Waals surface area contributed by atoms with E-state index in [1.54, 1.807) is 18.4 Å². The number of thiazole rings is 1. The number of anilines is 1. The van der Waals surface area contributed by atoms with E-state index >= 15 is 0 Å². The molecule has 2 aromatic carbocycles. The van der Waals surface area contributed by atoms with Crippen molar-refractivity contribution in [2.45, 2.75) is 32.7 Å². The minimum atomic E-state index is 0.210. The van der Waals surface area contributed by atoms with Crippen molar-refractivity contribution in [1.29, 1.82) is 0 Å². The summed E-state index contributed by atoms with van der Waals surface area (Å²) in [5, 5.41) is 3.26. The summed E-state index contributed by atoms with van der Waals surface area (Å²) in [5.41, 5.74) is 5.13. The smallest absolute Gasteiger partial charge is 0.185 e. The molecule has 0 spiro atoms. The lowest BCUT2D eigenvalue weighted by molar-refractivity contribution is 0.250. The van der Waals surface area contributed by atoms with Crippen molar-refractivity contribution < 1.29 is 4.74 Å². The molecule has 4 nitrogen and oxygen atoms in total. The largest absolute Gasteiger partial charge is 0.497 e. The van der Waals surface area contributed by atoms with Crippen LogP contribution in [0.25, 0.3) is 11.3 Å². The Morgan fingerprint density at radius 3 is 2.40 bits per heavy atom. The van der Waals surface area contributed by atoms with Crippen LogP contribution in [0.1, 0.15) is 31.9 Å². The molecule has 3 aromatic rings. The summed E-state index contributed by atoms with van der Waals surface area (Å²) in [4.78, 5) is 9.84. The molecule has 0 bridgehead atoms. The van der Waals surface area contributed by atoms with Crippen LogP contribution in [0.15, 0.2) is 53.9 Å². The Morgan fingerprint density at radius 1 is 1.00 bits per heavy atom. The van der Waals surface area contributed by atoms with E-state index in [4.69, 9.17) is 9.72 Å². The molecule has 0 atom stereocenters. The van der Waals surface area contributed by atoms with Crippen molar-refractivity contribution in [3.8, 4) is 17.0 Å². The molecule has 158 valence electrons. The molecule has 1 fully saturated rings. The predicted molar refractivity (Wildman–Crippen MR) is 127 cm³/mol. The second kappa shape index (κ2) is 8.78. The van der Waals surface area contributed by atoms with Crippen LogP contribution >= 0.6 is 11.3 Å². The molecule has 2 heterocycles. The summed E-state index contributed by atoms with van der Waals surface area (Å²) < 4.78 is 5.34. The Hall–Kier alpha value is -2.37. The molecule has 30 heavy (non-hydrogen) atoms. The number of piperazine rings is 1. The molecule has 1 aliphatic rings. The third-order valence-corrected chi connectivity index (χ3v) is 6.63. The fraction of sp³-hybridized carbons (Fsp3) is 0.400. The molecule has 0 radical (unpaired) electrons. The van der Waals surface area contributed by atoms with Crippen LogP contribution in [0.4, 0.5) is 5.13 Å². The SMILES string of the molecule is COc1cccc(-c2csc(N3CCN(Cc4ccc(C(C)(C)C)cc4)CC3)n2)c1. The third-order valence-electron chi connectivity index (χ3n) is 5.73. The van der Waals surface area contributed by atoms with Crippen LogP contribution in [0, 0.1) is 0 Å². The molecule has 1 saturated heterocycles. The monoisotopic (exact) mass is 421 g/mol. The fourth-order valence-electron chi connectivity index (χ4n) is 3.79. The minimum absolute atomic E-state index is 0.210. The van der Waals surface area contributed by atoms with E-state index < -0.39 is 0 Å². The number of rotatable bonds is 5. The van der Waals surface area contributed by atoms with Crippen LogP contribution in [-0.4, -0.2) is 43.2 Å². The highest BCUT2D eigenvalue weighted by Crippen LogP contribution is 2.30. The first kappa shape index (κ1) is 20.9. The van der Waals surface area contributed by atoms with E-state index in [2.05, 4.69) is 66.3 Å². The van der Waals surface area contributed by atoms with Gasteiger partial charge in [0.2, 0.25) is 0 Å². The van der Waals surface area contributed by atoms with Crippen molar-refractivity contribution in [2.75, 3.05) is 38.2 Å². The summed E-state index contributed by atoms with van der Waals surface area (Å²) >= 11 is 1.73. The van der Waals surface area contributed by atoms with Gasteiger partial charge < -0.3 is 9.64 Å². The Bertz CT molecular complexity index is 967. The number of hydrogen-bond acceptors (Lipinski definition) is 5. The number of benzene rings is 2. The zero-order valence-electron chi connectivity index (χ0n) is 18.4. The van der Waals surface area contributed by atoms with Gasteiger partial charge in [-0.15, -0.1) is 11.3 Å². The Kier molecular flexibility index (Phi) is 6.11. The topological polar surface area (TPSA) is 28.6 Å². The molecule has 0 amide bonds. The zero-order valence-corrected chi connectivity index (χ0v) is 19.2. The molecular formula is C25H31N3OS. The minimum Gasteiger partial charge on any atom is -0.497 e. The van der Waals surface area contributed by atoms with Gasteiger partial charge in [0.15, 0.2) is 5.13 Å². The zero-order chi connectivity index (χ0) is 21.1. The van der Waals surface area contributed by atoms with Gasteiger partial charge in [-0.2, -0.15) is 0 Å². The van der Waals surface area contributed by atoms with E-state index in [9.17, 15) is 0 Å². The second-order valence-corrected chi connectivity index (χ2v) is 9.79. The average Bonchev–Trinajstić information content (AvgIpc) is 3.24. The maximum atomic E-state index is 5.34. The third kappa shape index (κ3) is 4.85. The van der Waals surface area contributed by atoms with Crippen LogP contribution < -0.4 is 9.64 Å². The van der Waals surface area contributed by atoms with E-state index in [1.165, 1.54) is 11.1 Å². The second-order valence-electron chi connectivity index (χ2n) is 8.96. The molecule has 5 heteroatoms. The molecule has 0 unspecified atom stereocenters. The van der Waals surface area contributed by atoms with Gasteiger partial charge in [0.05, 0.1) is 12.8 Å². The maximum absolute atomic E-state index is 5.34. The highest BCUT2D eigenvalue weighted by molar-refractivity contribution is 7.14. The standard InChI is InChI=1S/C25H31N3OS/c1-25(2,3)21-10-8-19(9-11-21)17-27-12-14-28(15-13-27)24-26-23(18-30-24)20-6-5-7-22(16-20)29-4/h5-11,16,18H,12-15,17H2,1-4H3. The van der Waals surface area contributed by atoms with Crippen LogP contribution in [0.2, 0.25) is 0 Å². The van der Waals surface area contributed by atoms with Gasteiger partial charge in [-0.1, -0.05) is 57.2 Å². The molecule has 0 saturated carbocycles. The number of nitrogens with zero attached hydrogens (tertiary/aromatic N) is 3. The first-order valence-corrected chi connectivity index (χ1v) is 11.5. The van der Waals surface area contributed by atoms with Crippen LogP contribution in [0.3, 0.4) is 0 Å². The van der Waals surface area contributed by atoms with E-state index in [0.29, 0.717) is 0 Å². The molecule has 0 aliphatic carbocycles. The average molecular weight is 422 g/mol. The summed E-state index contributed by atoms with van der Waals surface area (Å²) in [6, 6.07) is 17.2. The van der Waals surface area contributed by atoms with Gasteiger partial charge in [-0.05, 0) is 28.7 Å². The lowest BCUT2D eigenvalue weighted by Crippen LogP contribution is -2.45. The first-order valence-electron chi connectivity index (χ1n) is 10.6. The summed E-state index contributed by atoms with van der Waals surface area (Å²) in [5.74, 6) is 0.867. The molecule has 1 aliphatic heterocycles. The quantitative estimate of drug-likeness (QED) is 0.549. The van der Waals surface area contributed by atoms with Gasteiger partial charge >= 0.3 is 0 Å². The summed E-state index contributed by atoms with van der Waals surface area (Å²) in [7, 11) is 1.70. The fourth-order valence-corrected chi connectivity index (χ4v) is 4.68. The predicted octanol–water partition coefficient (Wildman–Crippen LogP) is 5.44. The molecule has 1 aromatic heterocycles. The number of hydrogen-bond donors (Lipinski definition) is 0. The lowest BCUT2D eigenvalue weighted by Gasteiger charge is -2.34. The van der Waals surface area contributed by atoms with E-state index in [-0.39, 0.29) is 5.41 Å². The Balaban J connectivity index is 1.34. The van der Waals surface area contributed by atoms with Crippen molar-refractivity contribution >= 4 is 16.5 Å². The normalized spacial score (nSPS) is 15.4. The van der Waals surface area contributed by atoms with Gasteiger partial charge in [0.25, 0.3) is 0 Å². The van der Waals surface area contributed by atoms with Crippen molar-refractivity contribution in [3.05, 3.63) is 65.0 Å². The Labute approximate surface area is 184 Å². The number of ether oxygens (including phenoxy) is 1. The van der Waals surface area contributed by atoms with E-state index in [0.717, 1.165) is 54.9 Å². The summed E-state index contributed by atoms with van der Waals surface area (Å²) in [6.45, 7) is 12.0. The lowest BCUT2D eigenvalue weighted by atomic mass is 9.87. The van der Waals surface area contributed by atoms with Crippen molar-refractivity contribution in [1.82, 2.24) is 9.88 Å². The van der Waals surface area contributed by atoms with Gasteiger partial charge in [0.1, 0.15) is 5.75 Å². The number of aromatic nitrogens is 1. The molecule has 4 rings (SSSR count). The van der Waals surface area contributed by atoms with Crippen molar-refractivity contribution in [2.24, 2.45) is 0 Å². The summed E-state index contributed by atoms with van der Waals surface area (Å²) in [6.07, 6.45) is 0. The highest BCUT2D eigenvalue weighted by Gasteiger charge is 2.20. The van der Waals surface area contributed by atoms with Gasteiger partial charge in [-0.25, -0.2) is 4.98 Å². The van der Waals surface area contributed by atoms with E-state index in [1.807, 2.05) is 18.2 Å². The van der Waals surface area contributed by atoms with Gasteiger partial charge in [-0.3, -0.25) is 4.90 Å². The van der Waals surface area contributed by atoms with Crippen LogP contribution in [0.5, 0.6) is 5.75 Å². The molecule has 0 N–H and O–H groups in total. The highest BCUT2D eigenvalue weighted by atomic mass is 32.1.